The Labute approximate surface area is 158 Å². The summed E-state index contributed by atoms with van der Waals surface area (Å²) in [6.07, 6.45) is 4.72. The van der Waals surface area contributed by atoms with Crippen LogP contribution in [0, 0.1) is 0 Å². The quantitative estimate of drug-likeness (QED) is 0.481. The van der Waals surface area contributed by atoms with Gasteiger partial charge in [0.1, 0.15) is 17.8 Å². The van der Waals surface area contributed by atoms with Crippen LogP contribution in [-0.4, -0.2) is 31.3 Å². The number of rotatable bonds is 4. The average Bonchev–Trinajstić information content (AvgIpc) is 3.40. The Morgan fingerprint density at radius 1 is 1.18 bits per heavy atom. The molecule has 138 valence electrons. The first-order chi connectivity index (χ1) is 13.7. The number of fused-ring (bicyclic) bond motifs is 2. The van der Waals surface area contributed by atoms with Crippen molar-refractivity contribution in [3.63, 3.8) is 0 Å². The fraction of sp³-hybridized carbons (Fsp3) is 0.100. The van der Waals surface area contributed by atoms with E-state index < -0.39 is 0 Å². The zero-order valence-electron chi connectivity index (χ0n) is 14.9. The van der Waals surface area contributed by atoms with Crippen LogP contribution >= 0.6 is 0 Å². The topological polar surface area (TPSA) is 87.5 Å². The lowest BCUT2D eigenvalue weighted by Gasteiger charge is -2.11. The third-order valence-electron chi connectivity index (χ3n) is 4.59. The van der Waals surface area contributed by atoms with Gasteiger partial charge in [-0.05, 0) is 30.3 Å². The number of benzene rings is 1. The Balaban J connectivity index is 1.84. The predicted molar refractivity (Wildman–Crippen MR) is 102 cm³/mol. The van der Waals surface area contributed by atoms with Crippen LogP contribution < -0.4 is 10.3 Å². The molecule has 0 saturated carbocycles. The largest absolute Gasteiger partial charge is 0.497 e. The summed E-state index contributed by atoms with van der Waals surface area (Å²) in [5, 5.41) is 4.74. The minimum atomic E-state index is -0.184. The summed E-state index contributed by atoms with van der Waals surface area (Å²) in [7, 11) is 1.60. The first kappa shape index (κ1) is 16.2. The van der Waals surface area contributed by atoms with Crippen LogP contribution in [0.2, 0.25) is 0 Å². The van der Waals surface area contributed by atoms with Crippen molar-refractivity contribution in [2.24, 2.45) is 0 Å². The van der Waals surface area contributed by atoms with Crippen molar-refractivity contribution in [2.45, 2.75) is 6.54 Å². The van der Waals surface area contributed by atoms with Crippen molar-refractivity contribution < 1.29 is 9.15 Å². The molecule has 0 aliphatic carbocycles. The number of aromatic nitrogens is 5. The van der Waals surface area contributed by atoms with E-state index in [4.69, 9.17) is 9.15 Å². The second kappa shape index (κ2) is 6.34. The van der Waals surface area contributed by atoms with Gasteiger partial charge >= 0.3 is 0 Å². The van der Waals surface area contributed by atoms with Crippen molar-refractivity contribution in [2.75, 3.05) is 7.11 Å². The maximum absolute atomic E-state index is 13.4. The lowest BCUT2D eigenvalue weighted by molar-refractivity contribution is 0.415. The summed E-state index contributed by atoms with van der Waals surface area (Å²) in [6.45, 7) is 0.328. The maximum atomic E-state index is 13.4. The molecule has 0 amide bonds. The minimum absolute atomic E-state index is 0.184. The molecule has 0 bridgehead atoms. The van der Waals surface area contributed by atoms with Gasteiger partial charge in [0.05, 0.1) is 36.5 Å². The van der Waals surface area contributed by atoms with E-state index in [-0.39, 0.29) is 5.56 Å². The molecule has 0 spiro atoms. The van der Waals surface area contributed by atoms with E-state index in [2.05, 4.69) is 15.1 Å². The van der Waals surface area contributed by atoms with Crippen molar-refractivity contribution in [1.29, 1.82) is 0 Å². The second-order valence-electron chi connectivity index (χ2n) is 6.25. The van der Waals surface area contributed by atoms with Gasteiger partial charge in [0.2, 0.25) is 0 Å². The fourth-order valence-corrected chi connectivity index (χ4v) is 3.30. The SMILES string of the molecule is COc1cccc(-c2c3c(=O)n(Cc4ccco4)ccc3nc3ncnn23)c1. The van der Waals surface area contributed by atoms with Crippen molar-refractivity contribution in [3.05, 3.63) is 77.4 Å². The molecule has 5 rings (SSSR count). The smallest absolute Gasteiger partial charge is 0.262 e. The van der Waals surface area contributed by atoms with Crippen molar-refractivity contribution in [1.82, 2.24) is 24.1 Å². The lowest BCUT2D eigenvalue weighted by atomic mass is 10.1. The Bertz CT molecular complexity index is 1350. The standard InChI is InChI=1S/C20H15N5O3/c1-27-14-5-2-4-13(10-14)18-17-16(23-20-21-12-22-25(18)20)7-8-24(19(17)26)11-15-6-3-9-28-15/h2-10,12H,11H2,1H3. The van der Waals surface area contributed by atoms with Crippen LogP contribution in [0.3, 0.4) is 0 Å². The number of furan rings is 1. The number of ether oxygens (including phenoxy) is 1. The Kier molecular flexibility index (Phi) is 3.68. The number of nitrogens with zero attached hydrogens (tertiary/aromatic N) is 5. The third-order valence-corrected chi connectivity index (χ3v) is 4.59. The maximum Gasteiger partial charge on any atom is 0.262 e. The highest BCUT2D eigenvalue weighted by Gasteiger charge is 2.18. The van der Waals surface area contributed by atoms with Gasteiger partial charge in [-0.25, -0.2) is 4.98 Å². The van der Waals surface area contributed by atoms with Gasteiger partial charge in [-0.3, -0.25) is 4.79 Å². The summed E-state index contributed by atoms with van der Waals surface area (Å²) in [5.74, 6) is 1.80. The highest BCUT2D eigenvalue weighted by atomic mass is 16.5. The Hall–Kier alpha value is -3.94. The van der Waals surface area contributed by atoms with E-state index in [1.54, 1.807) is 40.8 Å². The molecule has 0 aliphatic heterocycles. The molecule has 8 nitrogen and oxygen atoms in total. The van der Waals surface area contributed by atoms with Gasteiger partial charge in [-0.15, -0.1) is 0 Å². The van der Waals surface area contributed by atoms with Crippen LogP contribution in [0.25, 0.3) is 27.9 Å². The molecule has 28 heavy (non-hydrogen) atoms. The van der Waals surface area contributed by atoms with Gasteiger partial charge < -0.3 is 13.7 Å². The summed E-state index contributed by atoms with van der Waals surface area (Å²) in [6, 6.07) is 12.9. The molecule has 0 aliphatic rings. The average molecular weight is 373 g/mol. The minimum Gasteiger partial charge on any atom is -0.497 e. The lowest BCUT2D eigenvalue weighted by Crippen LogP contribution is -2.21. The summed E-state index contributed by atoms with van der Waals surface area (Å²) in [5.41, 5.74) is 1.78. The van der Waals surface area contributed by atoms with E-state index in [1.165, 1.54) is 6.33 Å². The predicted octanol–water partition coefficient (Wildman–Crippen LogP) is 2.76. The molecule has 0 saturated heterocycles. The fourth-order valence-electron chi connectivity index (χ4n) is 3.30. The monoisotopic (exact) mass is 373 g/mol. The third kappa shape index (κ3) is 2.54. The van der Waals surface area contributed by atoms with Crippen molar-refractivity contribution >= 4 is 16.7 Å². The summed E-state index contributed by atoms with van der Waals surface area (Å²) < 4.78 is 13.9. The van der Waals surface area contributed by atoms with Gasteiger partial charge in [-0.2, -0.15) is 14.6 Å². The molecule has 0 unspecified atom stereocenters. The van der Waals surface area contributed by atoms with Crippen LogP contribution in [0.5, 0.6) is 5.75 Å². The highest BCUT2D eigenvalue weighted by molar-refractivity contribution is 5.93. The Morgan fingerprint density at radius 3 is 2.93 bits per heavy atom. The van der Waals surface area contributed by atoms with E-state index >= 15 is 0 Å². The highest BCUT2D eigenvalue weighted by Crippen LogP contribution is 2.28. The first-order valence-corrected chi connectivity index (χ1v) is 8.64. The second-order valence-corrected chi connectivity index (χ2v) is 6.25. The molecule has 0 fully saturated rings. The summed E-state index contributed by atoms with van der Waals surface area (Å²) in [4.78, 5) is 22.0. The van der Waals surface area contributed by atoms with Crippen LogP contribution in [-0.2, 0) is 6.54 Å². The van der Waals surface area contributed by atoms with Crippen LogP contribution in [0.1, 0.15) is 5.76 Å². The molecule has 4 aromatic heterocycles. The summed E-state index contributed by atoms with van der Waals surface area (Å²) >= 11 is 0. The molecular formula is C20H15N5O3. The molecule has 0 atom stereocenters. The zero-order valence-corrected chi connectivity index (χ0v) is 14.9. The van der Waals surface area contributed by atoms with Gasteiger partial charge in [0.25, 0.3) is 11.3 Å². The molecule has 0 radical (unpaired) electrons. The van der Waals surface area contributed by atoms with Gasteiger partial charge in [0, 0.05) is 11.8 Å². The van der Waals surface area contributed by atoms with Crippen LogP contribution in [0.4, 0.5) is 0 Å². The molecule has 8 heteroatoms. The number of methoxy groups -OCH3 is 1. The molecule has 1 aromatic carbocycles. The van der Waals surface area contributed by atoms with Gasteiger partial charge in [0.15, 0.2) is 0 Å². The van der Waals surface area contributed by atoms with Gasteiger partial charge in [-0.1, -0.05) is 12.1 Å². The Morgan fingerprint density at radius 2 is 2.11 bits per heavy atom. The number of hydrogen-bond acceptors (Lipinski definition) is 6. The van der Waals surface area contributed by atoms with E-state index in [9.17, 15) is 4.79 Å². The van der Waals surface area contributed by atoms with E-state index in [0.29, 0.717) is 40.4 Å². The number of hydrogen-bond donors (Lipinski definition) is 0. The van der Waals surface area contributed by atoms with Crippen molar-refractivity contribution in [3.8, 4) is 17.0 Å². The number of pyridine rings is 1. The molecule has 5 aromatic rings. The normalized spacial score (nSPS) is 11.3. The molecular weight excluding hydrogens is 358 g/mol. The molecule has 4 heterocycles. The zero-order chi connectivity index (χ0) is 19.1. The van der Waals surface area contributed by atoms with Crippen LogP contribution in [0.15, 0.2) is 70.5 Å². The van der Waals surface area contributed by atoms with E-state index in [0.717, 1.165) is 5.56 Å². The first-order valence-electron chi connectivity index (χ1n) is 8.64. The van der Waals surface area contributed by atoms with E-state index in [1.807, 2.05) is 30.3 Å². The molecule has 0 N–H and O–H groups in total.